The number of aromatic nitrogens is 1. The Morgan fingerprint density at radius 1 is 1.09 bits per heavy atom. The van der Waals surface area contributed by atoms with Gasteiger partial charge in [0, 0.05) is 44.3 Å². The summed E-state index contributed by atoms with van der Waals surface area (Å²) in [5, 5.41) is 6.36. The van der Waals surface area contributed by atoms with E-state index in [0.717, 1.165) is 43.1 Å². The van der Waals surface area contributed by atoms with E-state index in [9.17, 15) is 14.0 Å². The van der Waals surface area contributed by atoms with Crippen molar-refractivity contribution in [3.63, 3.8) is 0 Å². The minimum Gasteiger partial charge on any atom is -0.354 e. The van der Waals surface area contributed by atoms with Crippen molar-refractivity contribution in [1.82, 2.24) is 15.6 Å². The third-order valence-corrected chi connectivity index (χ3v) is 7.41. The number of nitrogens with zero attached hydrogens (tertiary/aromatic N) is 2. The number of amides is 1. The quantitative estimate of drug-likeness (QED) is 0.528. The molecule has 7 heteroatoms. The highest BCUT2D eigenvalue weighted by molar-refractivity contribution is 6.09. The number of allylic oxidation sites excluding steroid dienone is 1. The third kappa shape index (κ3) is 4.75. The lowest BCUT2D eigenvalue weighted by Gasteiger charge is -2.45. The molecule has 2 aromatic rings. The first-order chi connectivity index (χ1) is 16.6. The van der Waals surface area contributed by atoms with Crippen LogP contribution in [-0.2, 0) is 9.59 Å². The molecule has 0 spiro atoms. The lowest BCUT2D eigenvalue weighted by atomic mass is 9.64. The summed E-state index contributed by atoms with van der Waals surface area (Å²) in [5.41, 5.74) is 1.73. The van der Waals surface area contributed by atoms with Crippen LogP contribution in [0.1, 0.15) is 36.3 Å². The second-order valence-corrected chi connectivity index (χ2v) is 9.53. The summed E-state index contributed by atoms with van der Waals surface area (Å²) in [6.45, 7) is 3.71. The van der Waals surface area contributed by atoms with E-state index in [0.29, 0.717) is 19.3 Å². The molecule has 0 bridgehead atoms. The van der Waals surface area contributed by atoms with E-state index >= 15 is 0 Å². The molecule has 1 aromatic carbocycles. The molecule has 1 aliphatic carbocycles. The fraction of sp³-hybridized carbons (Fsp3) is 0.444. The smallest absolute Gasteiger partial charge is 0.231 e. The van der Waals surface area contributed by atoms with E-state index in [2.05, 4.69) is 20.5 Å². The Kier molecular flexibility index (Phi) is 6.72. The Hall–Kier alpha value is -3.06. The van der Waals surface area contributed by atoms with Gasteiger partial charge < -0.3 is 15.5 Å². The minimum atomic E-state index is -0.894. The number of piperazine rings is 1. The second-order valence-electron chi connectivity index (χ2n) is 9.53. The number of ketones is 1. The van der Waals surface area contributed by atoms with Crippen LogP contribution in [0.15, 0.2) is 54.7 Å². The van der Waals surface area contributed by atoms with Gasteiger partial charge in [-0.15, -0.1) is 0 Å². The van der Waals surface area contributed by atoms with Crippen LogP contribution in [0.2, 0.25) is 0 Å². The number of halogens is 1. The summed E-state index contributed by atoms with van der Waals surface area (Å²) in [6.07, 6.45) is 5.50. The van der Waals surface area contributed by atoms with Gasteiger partial charge in [-0.1, -0.05) is 30.3 Å². The Labute approximate surface area is 199 Å². The number of rotatable bonds is 5. The molecular weight excluding hydrogens is 431 g/mol. The maximum atomic E-state index is 14.4. The van der Waals surface area contributed by atoms with Gasteiger partial charge in [0.25, 0.3) is 0 Å². The summed E-state index contributed by atoms with van der Waals surface area (Å²) in [4.78, 5) is 33.2. The maximum absolute atomic E-state index is 14.4. The predicted molar refractivity (Wildman–Crippen MR) is 130 cm³/mol. The zero-order valence-corrected chi connectivity index (χ0v) is 19.2. The molecule has 5 atom stereocenters. The number of alkyl halides is 1. The van der Waals surface area contributed by atoms with Gasteiger partial charge >= 0.3 is 0 Å². The number of hydrogen-bond donors (Lipinski definition) is 2. The van der Waals surface area contributed by atoms with Gasteiger partial charge in [-0.25, -0.2) is 9.37 Å². The number of nitrogens with one attached hydrogen (secondary N) is 2. The monoisotopic (exact) mass is 462 g/mol. The summed E-state index contributed by atoms with van der Waals surface area (Å²) in [5.74, 6) is -0.871. The van der Waals surface area contributed by atoms with Crippen LogP contribution in [0.25, 0.3) is 6.08 Å². The number of hydrogen-bond acceptors (Lipinski definition) is 5. The highest BCUT2D eigenvalue weighted by Gasteiger charge is 2.49. The van der Waals surface area contributed by atoms with Gasteiger partial charge in [0.05, 0.1) is 0 Å². The zero-order chi connectivity index (χ0) is 23.5. The molecule has 1 amide bonds. The molecular formula is C27H31FN4O2. The van der Waals surface area contributed by atoms with Gasteiger partial charge in [-0.05, 0) is 60.6 Å². The van der Waals surface area contributed by atoms with Crippen LogP contribution in [0.3, 0.4) is 0 Å². The molecule has 5 unspecified atom stereocenters. The topological polar surface area (TPSA) is 74.3 Å². The molecule has 6 nitrogen and oxygen atoms in total. The molecule has 1 saturated carbocycles. The molecule has 2 N–H and O–H groups in total. The molecule has 1 aromatic heterocycles. The summed E-state index contributed by atoms with van der Waals surface area (Å²) in [6, 6.07) is 13.5. The van der Waals surface area contributed by atoms with Crippen LogP contribution in [0.5, 0.6) is 0 Å². The molecule has 0 radical (unpaired) electrons. The SMILES string of the molecule is O=C(/C=C/c1ccc(N2CCNCC2)nc1)C1C(=O)NC2CCC(F)CC2C1c1ccccc1. The Bertz CT molecular complexity index is 1040. The molecule has 178 valence electrons. The number of benzene rings is 1. The van der Waals surface area contributed by atoms with Crippen molar-refractivity contribution in [3.05, 3.63) is 65.9 Å². The van der Waals surface area contributed by atoms with Crippen LogP contribution >= 0.6 is 0 Å². The normalized spacial score (nSPS) is 29.5. The zero-order valence-electron chi connectivity index (χ0n) is 19.2. The second kappa shape index (κ2) is 10.1. The molecule has 34 heavy (non-hydrogen) atoms. The van der Waals surface area contributed by atoms with Crippen molar-refractivity contribution in [3.8, 4) is 0 Å². The minimum absolute atomic E-state index is 0.0838. The fourth-order valence-electron chi connectivity index (χ4n) is 5.69. The standard InChI is InChI=1S/C27H31FN4O2/c28-20-8-9-22-21(16-20)25(19-4-2-1-3-5-19)26(27(34)31-22)23(33)10-6-18-7-11-24(30-17-18)32-14-12-29-13-15-32/h1-7,10-11,17,20-22,25-26,29H,8-9,12-16H2,(H,31,34)/b10-6+. The number of piperidine rings is 1. The first-order valence-corrected chi connectivity index (χ1v) is 12.2. The van der Waals surface area contributed by atoms with Crippen LogP contribution in [0.4, 0.5) is 10.2 Å². The molecule has 3 fully saturated rings. The van der Waals surface area contributed by atoms with Crippen molar-refractivity contribution in [1.29, 1.82) is 0 Å². The lowest BCUT2D eigenvalue weighted by Crippen LogP contribution is -2.57. The van der Waals surface area contributed by atoms with E-state index in [-0.39, 0.29) is 29.6 Å². The van der Waals surface area contributed by atoms with E-state index < -0.39 is 12.1 Å². The van der Waals surface area contributed by atoms with Crippen molar-refractivity contribution < 1.29 is 14.0 Å². The lowest BCUT2D eigenvalue weighted by molar-refractivity contribution is -0.138. The Balaban J connectivity index is 1.36. The molecule has 3 heterocycles. The Morgan fingerprint density at radius 2 is 1.88 bits per heavy atom. The number of pyridine rings is 1. The van der Waals surface area contributed by atoms with Gasteiger partial charge in [0.2, 0.25) is 5.91 Å². The summed E-state index contributed by atoms with van der Waals surface area (Å²) < 4.78 is 14.4. The van der Waals surface area contributed by atoms with Gasteiger partial charge in [0.1, 0.15) is 17.9 Å². The molecule has 2 aliphatic heterocycles. The highest BCUT2D eigenvalue weighted by Crippen LogP contribution is 2.45. The number of anilines is 1. The van der Waals surface area contributed by atoms with E-state index in [1.165, 1.54) is 6.08 Å². The number of fused-ring (bicyclic) bond motifs is 1. The first-order valence-electron chi connectivity index (χ1n) is 12.2. The first kappa shape index (κ1) is 22.7. The number of carbonyl (C=O) groups excluding carboxylic acids is 2. The maximum Gasteiger partial charge on any atom is 0.231 e. The Morgan fingerprint density at radius 3 is 2.62 bits per heavy atom. The van der Waals surface area contributed by atoms with Crippen molar-refractivity contribution in [2.24, 2.45) is 11.8 Å². The molecule has 5 rings (SSSR count). The van der Waals surface area contributed by atoms with Crippen molar-refractivity contribution in [2.75, 3.05) is 31.1 Å². The molecule has 2 saturated heterocycles. The average molecular weight is 463 g/mol. The third-order valence-electron chi connectivity index (χ3n) is 7.41. The highest BCUT2D eigenvalue weighted by atomic mass is 19.1. The van der Waals surface area contributed by atoms with E-state index in [1.807, 2.05) is 42.5 Å². The van der Waals surface area contributed by atoms with E-state index in [4.69, 9.17) is 0 Å². The van der Waals surface area contributed by atoms with E-state index in [1.54, 1.807) is 12.3 Å². The summed E-state index contributed by atoms with van der Waals surface area (Å²) >= 11 is 0. The fourth-order valence-corrected chi connectivity index (χ4v) is 5.69. The van der Waals surface area contributed by atoms with Crippen molar-refractivity contribution in [2.45, 2.75) is 37.4 Å². The van der Waals surface area contributed by atoms with Gasteiger partial charge in [-0.3, -0.25) is 9.59 Å². The van der Waals surface area contributed by atoms with Crippen LogP contribution < -0.4 is 15.5 Å². The largest absolute Gasteiger partial charge is 0.354 e. The van der Waals surface area contributed by atoms with Gasteiger partial charge in [0.15, 0.2) is 5.78 Å². The van der Waals surface area contributed by atoms with Crippen LogP contribution in [-0.4, -0.2) is 55.1 Å². The average Bonchev–Trinajstić information content (AvgIpc) is 2.88. The number of carbonyl (C=O) groups is 2. The van der Waals surface area contributed by atoms with Crippen molar-refractivity contribution >= 4 is 23.6 Å². The van der Waals surface area contributed by atoms with Gasteiger partial charge in [-0.2, -0.15) is 0 Å². The summed E-state index contributed by atoms with van der Waals surface area (Å²) in [7, 11) is 0. The predicted octanol–water partition coefficient (Wildman–Crippen LogP) is 3.11. The molecule has 3 aliphatic rings. The van der Waals surface area contributed by atoms with Crippen LogP contribution in [0, 0.1) is 11.8 Å².